The van der Waals surface area contributed by atoms with Crippen LogP contribution in [0.5, 0.6) is 34.5 Å². The summed E-state index contributed by atoms with van der Waals surface area (Å²) < 4.78 is 16.9. The third-order valence-electron chi connectivity index (χ3n) is 6.02. The van der Waals surface area contributed by atoms with Gasteiger partial charge in [-0.05, 0) is 29.3 Å². The summed E-state index contributed by atoms with van der Waals surface area (Å²) in [6, 6.07) is 9.76. The van der Waals surface area contributed by atoms with E-state index in [0.29, 0.717) is 21.9 Å². The molecule has 5 rings (SSSR count). The molecule has 1 aromatic heterocycles. The molecule has 0 aliphatic rings. The number of methoxy groups -OCH3 is 2. The SMILES string of the molecule is COc1cc2c(c(OC)c1O)c(-c1ccc(O)cc1)c(CO)c1c(=O)c3c(O)cc(O)cc3oc12. The molecule has 5 N–H and O–H groups in total. The molecule has 0 atom stereocenters. The zero-order valence-corrected chi connectivity index (χ0v) is 18.6. The summed E-state index contributed by atoms with van der Waals surface area (Å²) in [6.45, 7) is -0.603. The lowest BCUT2D eigenvalue weighted by molar-refractivity contribution is 0.284. The summed E-state index contributed by atoms with van der Waals surface area (Å²) in [5, 5.41) is 51.9. The minimum Gasteiger partial charge on any atom is -0.508 e. The van der Waals surface area contributed by atoms with Crippen molar-refractivity contribution in [2.75, 3.05) is 14.2 Å². The molecule has 0 unspecified atom stereocenters. The van der Waals surface area contributed by atoms with Gasteiger partial charge >= 0.3 is 0 Å². The van der Waals surface area contributed by atoms with Gasteiger partial charge in [0, 0.05) is 28.5 Å². The molecule has 0 saturated heterocycles. The molecule has 9 heteroatoms. The van der Waals surface area contributed by atoms with Gasteiger partial charge in [0.1, 0.15) is 33.8 Å². The highest BCUT2D eigenvalue weighted by Crippen LogP contribution is 2.50. The van der Waals surface area contributed by atoms with Crippen LogP contribution in [0.3, 0.4) is 0 Å². The maximum atomic E-state index is 13.7. The molecule has 178 valence electrons. The average molecular weight is 476 g/mol. The van der Waals surface area contributed by atoms with E-state index in [1.165, 1.54) is 38.5 Å². The molecule has 0 bridgehead atoms. The fourth-order valence-electron chi connectivity index (χ4n) is 4.53. The second-order valence-corrected chi connectivity index (χ2v) is 7.92. The number of aliphatic hydroxyl groups excluding tert-OH is 1. The van der Waals surface area contributed by atoms with E-state index in [4.69, 9.17) is 13.9 Å². The molecule has 0 aliphatic heterocycles. The van der Waals surface area contributed by atoms with Gasteiger partial charge in [-0.1, -0.05) is 12.1 Å². The van der Waals surface area contributed by atoms with Gasteiger partial charge in [0.05, 0.1) is 26.2 Å². The number of aromatic hydroxyl groups is 4. The molecule has 0 spiro atoms. The van der Waals surface area contributed by atoms with Gasteiger partial charge in [-0.15, -0.1) is 0 Å². The Morgan fingerprint density at radius 2 is 1.57 bits per heavy atom. The van der Waals surface area contributed by atoms with Crippen LogP contribution in [0.25, 0.3) is 43.8 Å². The normalized spacial score (nSPS) is 11.4. The van der Waals surface area contributed by atoms with Crippen LogP contribution in [0, 0.1) is 0 Å². The Morgan fingerprint density at radius 1 is 0.857 bits per heavy atom. The lowest BCUT2D eigenvalue weighted by atomic mass is 9.89. The molecule has 0 saturated carbocycles. The topological polar surface area (TPSA) is 150 Å². The molecule has 5 aromatic rings. The summed E-state index contributed by atoms with van der Waals surface area (Å²) >= 11 is 0. The van der Waals surface area contributed by atoms with Crippen molar-refractivity contribution in [3.8, 4) is 45.6 Å². The minimum atomic E-state index is -0.629. The first-order chi connectivity index (χ1) is 16.8. The number of benzene rings is 4. The highest BCUT2D eigenvalue weighted by molar-refractivity contribution is 6.18. The molecule has 1 heterocycles. The minimum absolute atomic E-state index is 0.00800. The Kier molecular flexibility index (Phi) is 5.07. The maximum Gasteiger partial charge on any atom is 0.204 e. The molecule has 0 amide bonds. The van der Waals surface area contributed by atoms with Gasteiger partial charge in [-0.3, -0.25) is 4.79 Å². The lowest BCUT2D eigenvalue weighted by Gasteiger charge is -2.20. The van der Waals surface area contributed by atoms with Crippen molar-refractivity contribution in [3.05, 3.63) is 58.3 Å². The second-order valence-electron chi connectivity index (χ2n) is 7.92. The van der Waals surface area contributed by atoms with Gasteiger partial charge in [-0.2, -0.15) is 0 Å². The van der Waals surface area contributed by atoms with Crippen LogP contribution < -0.4 is 14.9 Å². The van der Waals surface area contributed by atoms with E-state index in [9.17, 15) is 30.3 Å². The van der Waals surface area contributed by atoms with Crippen LogP contribution >= 0.6 is 0 Å². The number of fused-ring (bicyclic) bond motifs is 4. The van der Waals surface area contributed by atoms with E-state index in [-0.39, 0.29) is 56.2 Å². The molecular formula is C26H20O9. The summed E-state index contributed by atoms with van der Waals surface area (Å²) in [7, 11) is 2.71. The fourth-order valence-corrected chi connectivity index (χ4v) is 4.53. The predicted molar refractivity (Wildman–Crippen MR) is 129 cm³/mol. The standard InChI is InChI=1S/C26H20O9/c1-33-18-9-14-20(26(34-2)23(18)31)19(11-3-5-12(28)6-4-11)15(10-27)21-24(32)22-16(30)7-13(29)8-17(22)35-25(14)21/h3-9,27-31H,10H2,1-2H3. The quantitative estimate of drug-likeness (QED) is 0.191. The van der Waals surface area contributed by atoms with Gasteiger partial charge in [-0.25, -0.2) is 0 Å². The summed E-state index contributed by atoms with van der Waals surface area (Å²) in [5.74, 6) is -1.02. The van der Waals surface area contributed by atoms with Gasteiger partial charge in [0.2, 0.25) is 11.2 Å². The van der Waals surface area contributed by atoms with Crippen LogP contribution in [0.2, 0.25) is 0 Å². The Morgan fingerprint density at radius 3 is 2.20 bits per heavy atom. The van der Waals surface area contributed by atoms with Crippen molar-refractivity contribution in [1.82, 2.24) is 0 Å². The van der Waals surface area contributed by atoms with E-state index in [0.717, 1.165) is 6.07 Å². The molecular weight excluding hydrogens is 456 g/mol. The van der Waals surface area contributed by atoms with E-state index in [1.807, 2.05) is 0 Å². The van der Waals surface area contributed by atoms with Crippen LogP contribution in [-0.2, 0) is 6.61 Å². The Labute approximate surface area is 197 Å². The van der Waals surface area contributed by atoms with Gasteiger partial charge < -0.3 is 39.4 Å². The summed E-state index contributed by atoms with van der Waals surface area (Å²) in [4.78, 5) is 13.7. The third kappa shape index (κ3) is 3.17. The summed E-state index contributed by atoms with van der Waals surface area (Å²) in [5.41, 5.74) is 0.352. The van der Waals surface area contributed by atoms with Crippen molar-refractivity contribution in [2.45, 2.75) is 6.61 Å². The van der Waals surface area contributed by atoms with Crippen molar-refractivity contribution >= 4 is 32.7 Å². The number of hydrogen-bond donors (Lipinski definition) is 5. The van der Waals surface area contributed by atoms with Gasteiger partial charge in [0.25, 0.3) is 0 Å². The largest absolute Gasteiger partial charge is 0.508 e. The van der Waals surface area contributed by atoms with Crippen molar-refractivity contribution in [1.29, 1.82) is 0 Å². The number of hydrogen-bond acceptors (Lipinski definition) is 9. The number of phenolic OH excluding ortho intramolecular Hbond substituents is 4. The van der Waals surface area contributed by atoms with Crippen LogP contribution in [0.4, 0.5) is 0 Å². The first kappa shape index (κ1) is 22.2. The average Bonchev–Trinajstić information content (AvgIpc) is 2.83. The van der Waals surface area contributed by atoms with Crippen molar-refractivity contribution in [2.24, 2.45) is 0 Å². The van der Waals surface area contributed by atoms with Crippen LogP contribution in [0.1, 0.15) is 5.56 Å². The Balaban J connectivity index is 2.16. The number of aliphatic hydroxyl groups is 1. The second kappa shape index (κ2) is 8.00. The smallest absolute Gasteiger partial charge is 0.204 e. The fraction of sp³-hybridized carbons (Fsp3) is 0.115. The lowest BCUT2D eigenvalue weighted by Crippen LogP contribution is -2.08. The highest BCUT2D eigenvalue weighted by Gasteiger charge is 2.27. The van der Waals surface area contributed by atoms with Gasteiger partial charge in [0.15, 0.2) is 11.5 Å². The van der Waals surface area contributed by atoms with E-state index in [2.05, 4.69) is 0 Å². The monoisotopic (exact) mass is 476 g/mol. The number of rotatable bonds is 4. The van der Waals surface area contributed by atoms with Crippen LogP contribution in [0.15, 0.2) is 51.7 Å². The third-order valence-corrected chi connectivity index (χ3v) is 6.02. The van der Waals surface area contributed by atoms with E-state index < -0.39 is 17.8 Å². The predicted octanol–water partition coefficient (Wildman–Crippen LogP) is 4.10. The highest BCUT2D eigenvalue weighted by atomic mass is 16.5. The van der Waals surface area contributed by atoms with Crippen molar-refractivity contribution in [3.63, 3.8) is 0 Å². The molecule has 35 heavy (non-hydrogen) atoms. The zero-order chi connectivity index (χ0) is 25.0. The molecule has 9 nitrogen and oxygen atoms in total. The maximum absolute atomic E-state index is 13.7. The number of phenols is 4. The number of ether oxygens (including phenoxy) is 2. The first-order valence-electron chi connectivity index (χ1n) is 10.5. The van der Waals surface area contributed by atoms with E-state index >= 15 is 0 Å². The zero-order valence-electron chi connectivity index (χ0n) is 18.6. The van der Waals surface area contributed by atoms with Crippen LogP contribution in [-0.4, -0.2) is 39.8 Å². The van der Waals surface area contributed by atoms with E-state index in [1.54, 1.807) is 12.1 Å². The first-order valence-corrected chi connectivity index (χ1v) is 10.5. The summed E-state index contributed by atoms with van der Waals surface area (Å²) in [6.07, 6.45) is 0. The molecule has 0 aliphatic carbocycles. The Hall–Kier alpha value is -4.63. The molecule has 0 fully saturated rings. The molecule has 4 aromatic carbocycles. The Bertz CT molecular complexity index is 1700. The molecule has 0 radical (unpaired) electrons. The van der Waals surface area contributed by atoms with Crippen molar-refractivity contribution < 1.29 is 39.4 Å².